The quantitative estimate of drug-likeness (QED) is 0.587. The molecule has 3 rings (SSSR count). The zero-order valence-corrected chi connectivity index (χ0v) is 15.7. The smallest absolute Gasteiger partial charge is 0.288 e. The summed E-state index contributed by atoms with van der Waals surface area (Å²) in [5, 5.41) is 13.8. The van der Waals surface area contributed by atoms with Crippen LogP contribution in [0.15, 0.2) is 42.5 Å². The fraction of sp³-hybridized carbons (Fsp3) is 0.316. The van der Waals surface area contributed by atoms with Gasteiger partial charge in [0.15, 0.2) is 0 Å². The first kappa shape index (κ1) is 20.2. The molecule has 0 spiro atoms. The Morgan fingerprint density at radius 1 is 1.25 bits per heavy atom. The number of morpholine rings is 1. The van der Waals surface area contributed by atoms with Crippen LogP contribution in [0.4, 0.5) is 10.1 Å². The molecule has 1 saturated heterocycles. The summed E-state index contributed by atoms with van der Waals surface area (Å²) in [5.74, 6) is -0.776. The Hall–Kier alpha value is -2.55. The van der Waals surface area contributed by atoms with E-state index < -0.39 is 10.8 Å². The number of hydrogen-bond acceptors (Lipinski definition) is 5. The zero-order valence-electron chi connectivity index (χ0n) is 14.9. The molecule has 1 amide bonds. The number of rotatable bonds is 6. The maximum Gasteiger partial charge on any atom is 0.288 e. The van der Waals surface area contributed by atoms with E-state index in [1.807, 2.05) is 0 Å². The lowest BCUT2D eigenvalue weighted by molar-refractivity contribution is -0.384. The molecule has 1 N–H and O–H groups in total. The molecule has 2 aromatic rings. The minimum Gasteiger partial charge on any atom is -0.379 e. The number of ether oxygens (including phenoxy) is 1. The molecule has 1 fully saturated rings. The molecular formula is C19H19ClFN3O4. The van der Waals surface area contributed by atoms with Crippen LogP contribution in [-0.4, -0.2) is 48.6 Å². The summed E-state index contributed by atoms with van der Waals surface area (Å²) in [5.41, 5.74) is 0.694. The Labute approximate surface area is 166 Å². The number of nitrogens with one attached hydrogen (secondary N) is 1. The van der Waals surface area contributed by atoms with Crippen molar-refractivity contribution in [3.8, 4) is 0 Å². The molecule has 9 heteroatoms. The van der Waals surface area contributed by atoms with Crippen LogP contribution in [0.3, 0.4) is 0 Å². The maximum atomic E-state index is 13.3. The van der Waals surface area contributed by atoms with Crippen molar-refractivity contribution in [2.45, 2.75) is 6.04 Å². The highest BCUT2D eigenvalue weighted by Crippen LogP contribution is 2.25. The topological polar surface area (TPSA) is 84.7 Å². The maximum absolute atomic E-state index is 13.3. The van der Waals surface area contributed by atoms with Crippen LogP contribution >= 0.6 is 11.6 Å². The van der Waals surface area contributed by atoms with Crippen molar-refractivity contribution in [1.29, 1.82) is 0 Å². The lowest BCUT2D eigenvalue weighted by atomic mass is 10.0. The van der Waals surface area contributed by atoms with Crippen molar-refractivity contribution < 1.29 is 18.8 Å². The van der Waals surface area contributed by atoms with E-state index in [2.05, 4.69) is 10.2 Å². The molecule has 0 aliphatic carbocycles. The fourth-order valence-corrected chi connectivity index (χ4v) is 3.30. The van der Waals surface area contributed by atoms with Gasteiger partial charge < -0.3 is 10.1 Å². The monoisotopic (exact) mass is 407 g/mol. The Morgan fingerprint density at radius 2 is 1.93 bits per heavy atom. The van der Waals surface area contributed by atoms with E-state index in [9.17, 15) is 19.3 Å². The fourth-order valence-electron chi connectivity index (χ4n) is 3.12. The molecule has 1 aliphatic rings. The van der Waals surface area contributed by atoms with Crippen molar-refractivity contribution in [3.05, 3.63) is 74.5 Å². The molecule has 1 aliphatic heterocycles. The summed E-state index contributed by atoms with van der Waals surface area (Å²) in [6, 6.07) is 9.89. The van der Waals surface area contributed by atoms with E-state index in [0.717, 1.165) is 11.6 Å². The van der Waals surface area contributed by atoms with Crippen molar-refractivity contribution in [2.24, 2.45) is 0 Å². The molecule has 28 heavy (non-hydrogen) atoms. The highest BCUT2D eigenvalue weighted by molar-refractivity contribution is 6.32. The number of benzene rings is 2. The first-order valence-electron chi connectivity index (χ1n) is 8.75. The van der Waals surface area contributed by atoms with Gasteiger partial charge in [-0.2, -0.15) is 0 Å². The molecule has 148 valence electrons. The van der Waals surface area contributed by atoms with Gasteiger partial charge in [-0.1, -0.05) is 23.7 Å². The summed E-state index contributed by atoms with van der Waals surface area (Å²) in [4.78, 5) is 25.1. The number of carbonyl (C=O) groups excluding carboxylic acids is 1. The summed E-state index contributed by atoms with van der Waals surface area (Å²) in [7, 11) is 0. The summed E-state index contributed by atoms with van der Waals surface area (Å²) >= 11 is 5.80. The Balaban J connectivity index is 1.75. The number of carbonyl (C=O) groups is 1. The predicted molar refractivity (Wildman–Crippen MR) is 102 cm³/mol. The third kappa shape index (κ3) is 4.83. The predicted octanol–water partition coefficient (Wildman–Crippen LogP) is 3.19. The van der Waals surface area contributed by atoms with Gasteiger partial charge in [0.1, 0.15) is 10.8 Å². The SMILES string of the molecule is O=C(NC[C@H](c1ccc(F)cc1)N1CCOCC1)c1ccc(Cl)c([N+](=O)[O-])c1. The highest BCUT2D eigenvalue weighted by atomic mass is 35.5. The van der Waals surface area contributed by atoms with Crippen molar-refractivity contribution >= 4 is 23.2 Å². The normalized spacial score (nSPS) is 15.8. The molecule has 1 atom stereocenters. The Bertz CT molecular complexity index is 857. The Kier molecular flexibility index (Phi) is 6.56. The third-order valence-corrected chi connectivity index (χ3v) is 4.92. The van der Waals surface area contributed by atoms with Gasteiger partial charge in [0.25, 0.3) is 11.6 Å². The van der Waals surface area contributed by atoms with Crippen LogP contribution < -0.4 is 5.32 Å². The van der Waals surface area contributed by atoms with E-state index in [1.54, 1.807) is 12.1 Å². The van der Waals surface area contributed by atoms with Crippen LogP contribution in [-0.2, 0) is 4.74 Å². The van der Waals surface area contributed by atoms with Crippen molar-refractivity contribution in [3.63, 3.8) is 0 Å². The van der Waals surface area contributed by atoms with Gasteiger partial charge in [0.05, 0.1) is 24.2 Å². The molecule has 7 nitrogen and oxygen atoms in total. The summed E-state index contributed by atoms with van der Waals surface area (Å²) in [6.07, 6.45) is 0. The van der Waals surface area contributed by atoms with Crippen molar-refractivity contribution in [1.82, 2.24) is 10.2 Å². The van der Waals surface area contributed by atoms with Gasteiger partial charge in [0, 0.05) is 31.3 Å². The number of nitro benzene ring substituents is 1. The molecular weight excluding hydrogens is 389 g/mol. The van der Waals surface area contributed by atoms with Crippen LogP contribution in [0.1, 0.15) is 22.0 Å². The first-order valence-corrected chi connectivity index (χ1v) is 9.13. The van der Waals surface area contributed by atoms with E-state index >= 15 is 0 Å². The van der Waals surface area contributed by atoms with E-state index in [1.165, 1.54) is 24.3 Å². The van der Waals surface area contributed by atoms with E-state index in [4.69, 9.17) is 16.3 Å². The van der Waals surface area contributed by atoms with E-state index in [-0.39, 0.29) is 34.7 Å². The molecule has 0 radical (unpaired) electrons. The van der Waals surface area contributed by atoms with Gasteiger partial charge in [-0.25, -0.2) is 4.39 Å². The number of amides is 1. The van der Waals surface area contributed by atoms with Crippen LogP contribution in [0.2, 0.25) is 5.02 Å². The Morgan fingerprint density at radius 3 is 2.57 bits per heavy atom. The molecule has 1 heterocycles. The second-order valence-electron chi connectivity index (χ2n) is 6.35. The number of nitro groups is 1. The van der Waals surface area contributed by atoms with Crippen LogP contribution in [0, 0.1) is 15.9 Å². The molecule has 0 aromatic heterocycles. The first-order chi connectivity index (χ1) is 13.5. The lowest BCUT2D eigenvalue weighted by Crippen LogP contribution is -2.43. The van der Waals surface area contributed by atoms with E-state index in [0.29, 0.717) is 26.3 Å². The highest BCUT2D eigenvalue weighted by Gasteiger charge is 2.24. The average Bonchev–Trinajstić information content (AvgIpc) is 2.70. The zero-order chi connectivity index (χ0) is 20.1. The van der Waals surface area contributed by atoms with Gasteiger partial charge in [0.2, 0.25) is 0 Å². The lowest BCUT2D eigenvalue weighted by Gasteiger charge is -2.35. The largest absolute Gasteiger partial charge is 0.379 e. The van der Waals surface area contributed by atoms with Crippen molar-refractivity contribution in [2.75, 3.05) is 32.8 Å². The number of nitrogens with zero attached hydrogens (tertiary/aromatic N) is 2. The number of halogens is 2. The summed E-state index contributed by atoms with van der Waals surface area (Å²) in [6.45, 7) is 2.79. The minimum atomic E-state index is -0.631. The number of hydrogen-bond donors (Lipinski definition) is 1. The second-order valence-corrected chi connectivity index (χ2v) is 6.76. The van der Waals surface area contributed by atoms with Crippen LogP contribution in [0.5, 0.6) is 0 Å². The second kappa shape index (κ2) is 9.09. The van der Waals surface area contributed by atoms with Crippen LogP contribution in [0.25, 0.3) is 0 Å². The van der Waals surface area contributed by atoms with Gasteiger partial charge in [-0.05, 0) is 29.8 Å². The molecule has 2 aromatic carbocycles. The molecule has 0 unspecified atom stereocenters. The van der Waals surface area contributed by atoms with Gasteiger partial charge in [-0.15, -0.1) is 0 Å². The third-order valence-electron chi connectivity index (χ3n) is 4.60. The molecule has 0 saturated carbocycles. The average molecular weight is 408 g/mol. The van der Waals surface area contributed by atoms with Gasteiger partial charge >= 0.3 is 0 Å². The minimum absolute atomic E-state index is 0.0287. The van der Waals surface area contributed by atoms with Gasteiger partial charge in [-0.3, -0.25) is 19.8 Å². The summed E-state index contributed by atoms with van der Waals surface area (Å²) < 4.78 is 18.7. The standard InChI is InChI=1S/C19H19ClFN3O4/c20-16-6-3-14(11-17(16)24(26)27)19(25)22-12-18(23-7-9-28-10-8-23)13-1-4-15(21)5-2-13/h1-6,11,18H,7-10,12H2,(H,22,25)/t18-/m1/s1. The molecule has 0 bridgehead atoms.